The number of rotatable bonds is 2. The standard InChI is InChI=1S/C12H13NO3S/c14-17(15)16-8-5-6-12-10(7-8)9-3-1-2-4-11(9)13-12/h1-4,8,13H,5-7H2,(H,14,15). The summed E-state index contributed by atoms with van der Waals surface area (Å²) in [6.45, 7) is 0. The highest BCUT2D eigenvalue weighted by Crippen LogP contribution is 2.30. The second-order valence-electron chi connectivity index (χ2n) is 4.31. The smallest absolute Gasteiger partial charge is 0.302 e. The van der Waals surface area contributed by atoms with E-state index in [4.69, 9.17) is 8.74 Å². The second-order valence-corrected chi connectivity index (χ2v) is 4.93. The Morgan fingerprint density at radius 3 is 3.06 bits per heavy atom. The Morgan fingerprint density at radius 1 is 1.41 bits per heavy atom. The lowest BCUT2D eigenvalue weighted by atomic mass is 9.93. The van der Waals surface area contributed by atoms with E-state index >= 15 is 0 Å². The first-order chi connectivity index (χ1) is 8.24. The molecule has 0 aliphatic heterocycles. The molecular weight excluding hydrogens is 238 g/mol. The van der Waals surface area contributed by atoms with Crippen molar-refractivity contribution < 1.29 is 12.9 Å². The molecule has 3 rings (SSSR count). The van der Waals surface area contributed by atoms with E-state index in [0.29, 0.717) is 6.42 Å². The Hall–Kier alpha value is -1.17. The number of hydrogen-bond donors (Lipinski definition) is 2. The normalized spacial score (nSPS) is 21.4. The molecule has 0 saturated carbocycles. The molecule has 5 heteroatoms. The van der Waals surface area contributed by atoms with Gasteiger partial charge in [-0.05, 0) is 24.5 Å². The molecular formula is C12H13NO3S. The zero-order valence-electron chi connectivity index (χ0n) is 9.18. The predicted octanol–water partition coefficient (Wildman–Crippen LogP) is 2.18. The molecule has 0 spiro atoms. The Morgan fingerprint density at radius 2 is 2.24 bits per heavy atom. The molecule has 17 heavy (non-hydrogen) atoms. The van der Waals surface area contributed by atoms with Crippen LogP contribution in [-0.4, -0.2) is 19.8 Å². The fourth-order valence-electron chi connectivity index (χ4n) is 2.54. The lowest BCUT2D eigenvalue weighted by molar-refractivity contribution is 0.187. The number of aromatic nitrogens is 1. The summed E-state index contributed by atoms with van der Waals surface area (Å²) in [5, 5.41) is 1.19. The van der Waals surface area contributed by atoms with Crippen molar-refractivity contribution in [2.24, 2.45) is 0 Å². The molecule has 0 radical (unpaired) electrons. The maximum Gasteiger partial charge on any atom is 0.302 e. The highest BCUT2D eigenvalue weighted by atomic mass is 32.2. The second kappa shape index (κ2) is 4.25. The van der Waals surface area contributed by atoms with Gasteiger partial charge in [-0.1, -0.05) is 18.2 Å². The van der Waals surface area contributed by atoms with Crippen LogP contribution in [0.25, 0.3) is 10.9 Å². The lowest BCUT2D eigenvalue weighted by Crippen LogP contribution is -2.22. The highest BCUT2D eigenvalue weighted by Gasteiger charge is 2.24. The summed E-state index contributed by atoms with van der Waals surface area (Å²) in [5.74, 6) is 0. The van der Waals surface area contributed by atoms with Crippen LogP contribution in [-0.2, 0) is 28.4 Å². The molecule has 2 atom stereocenters. The van der Waals surface area contributed by atoms with E-state index in [9.17, 15) is 4.21 Å². The highest BCUT2D eigenvalue weighted by molar-refractivity contribution is 7.74. The number of fused-ring (bicyclic) bond motifs is 3. The number of aromatic amines is 1. The van der Waals surface area contributed by atoms with Gasteiger partial charge in [0.1, 0.15) is 0 Å². The van der Waals surface area contributed by atoms with Crippen molar-refractivity contribution in [3.63, 3.8) is 0 Å². The number of aryl methyl sites for hydroxylation is 1. The topological polar surface area (TPSA) is 62.3 Å². The van der Waals surface area contributed by atoms with Gasteiger partial charge in [0.2, 0.25) is 0 Å². The van der Waals surface area contributed by atoms with E-state index in [0.717, 1.165) is 18.4 Å². The third-order valence-corrected chi connectivity index (χ3v) is 3.71. The van der Waals surface area contributed by atoms with Gasteiger partial charge in [-0.2, -0.15) is 4.21 Å². The van der Waals surface area contributed by atoms with Gasteiger partial charge in [0.15, 0.2) is 0 Å². The van der Waals surface area contributed by atoms with Crippen LogP contribution in [0.4, 0.5) is 0 Å². The fourth-order valence-corrected chi connectivity index (χ4v) is 2.93. The van der Waals surface area contributed by atoms with Gasteiger partial charge in [-0.15, -0.1) is 0 Å². The Labute approximate surface area is 101 Å². The van der Waals surface area contributed by atoms with Gasteiger partial charge in [0.25, 0.3) is 0 Å². The van der Waals surface area contributed by atoms with Gasteiger partial charge in [0.05, 0.1) is 6.10 Å². The molecule has 0 fully saturated rings. The lowest BCUT2D eigenvalue weighted by Gasteiger charge is -2.20. The van der Waals surface area contributed by atoms with Crippen LogP contribution >= 0.6 is 0 Å². The SMILES string of the molecule is O=S(O)OC1CCc2[nH]c3ccccc3c2C1. The maximum absolute atomic E-state index is 10.7. The van der Waals surface area contributed by atoms with Crippen LogP contribution in [0.15, 0.2) is 24.3 Å². The van der Waals surface area contributed by atoms with Crippen LogP contribution in [0.3, 0.4) is 0 Å². The van der Waals surface area contributed by atoms with Crippen LogP contribution in [0.5, 0.6) is 0 Å². The minimum Gasteiger partial charge on any atom is -0.358 e. The third kappa shape index (κ3) is 2.01. The molecule has 2 unspecified atom stereocenters. The summed E-state index contributed by atoms with van der Waals surface area (Å²) < 4.78 is 24.4. The number of hydrogen-bond acceptors (Lipinski definition) is 2. The summed E-state index contributed by atoms with van der Waals surface area (Å²) in [7, 11) is 0. The van der Waals surface area contributed by atoms with Crippen LogP contribution < -0.4 is 0 Å². The zero-order chi connectivity index (χ0) is 11.8. The molecule has 90 valence electrons. The van der Waals surface area contributed by atoms with E-state index in [1.165, 1.54) is 16.6 Å². The van der Waals surface area contributed by atoms with Crippen molar-refractivity contribution in [1.29, 1.82) is 0 Å². The molecule has 0 saturated heterocycles. The van der Waals surface area contributed by atoms with Crippen molar-refractivity contribution in [2.75, 3.05) is 0 Å². The number of nitrogens with one attached hydrogen (secondary N) is 1. The van der Waals surface area contributed by atoms with Gasteiger partial charge in [-0.3, -0.25) is 8.74 Å². The molecule has 1 aliphatic rings. The quantitative estimate of drug-likeness (QED) is 0.804. The average molecular weight is 251 g/mol. The minimum atomic E-state index is -2.17. The molecule has 1 heterocycles. The third-order valence-electron chi connectivity index (χ3n) is 3.27. The summed E-state index contributed by atoms with van der Waals surface area (Å²) in [4.78, 5) is 3.40. The van der Waals surface area contributed by atoms with E-state index in [1.807, 2.05) is 18.2 Å². The number of para-hydroxylation sites is 1. The van der Waals surface area contributed by atoms with E-state index in [1.54, 1.807) is 0 Å². The molecule has 2 N–H and O–H groups in total. The summed E-state index contributed by atoms with van der Waals surface area (Å²) in [6, 6.07) is 8.13. The summed E-state index contributed by atoms with van der Waals surface area (Å²) >= 11 is -2.17. The molecule has 4 nitrogen and oxygen atoms in total. The Balaban J connectivity index is 1.97. The van der Waals surface area contributed by atoms with Gasteiger partial charge < -0.3 is 4.98 Å². The van der Waals surface area contributed by atoms with Crippen molar-refractivity contribution in [1.82, 2.24) is 4.98 Å². The molecule has 0 bridgehead atoms. The van der Waals surface area contributed by atoms with E-state index < -0.39 is 11.4 Å². The van der Waals surface area contributed by atoms with Crippen molar-refractivity contribution >= 4 is 22.3 Å². The summed E-state index contributed by atoms with van der Waals surface area (Å²) in [5.41, 5.74) is 3.58. The molecule has 1 aliphatic carbocycles. The molecule has 1 aromatic heterocycles. The van der Waals surface area contributed by atoms with Crippen molar-refractivity contribution in [3.05, 3.63) is 35.5 Å². The molecule has 0 amide bonds. The molecule has 1 aromatic carbocycles. The van der Waals surface area contributed by atoms with Crippen LogP contribution in [0, 0.1) is 0 Å². The van der Waals surface area contributed by atoms with Gasteiger partial charge in [0, 0.05) is 23.0 Å². The molecule has 2 aromatic rings. The maximum atomic E-state index is 10.7. The van der Waals surface area contributed by atoms with Gasteiger partial charge in [-0.25, -0.2) is 0 Å². The first-order valence-electron chi connectivity index (χ1n) is 5.60. The zero-order valence-corrected chi connectivity index (χ0v) is 10.00. The van der Waals surface area contributed by atoms with Crippen LogP contribution in [0.2, 0.25) is 0 Å². The minimum absolute atomic E-state index is 0.160. The predicted molar refractivity (Wildman–Crippen MR) is 66.0 cm³/mol. The van der Waals surface area contributed by atoms with Crippen molar-refractivity contribution in [3.8, 4) is 0 Å². The van der Waals surface area contributed by atoms with Crippen molar-refractivity contribution in [2.45, 2.75) is 25.4 Å². The fraction of sp³-hybridized carbons (Fsp3) is 0.333. The average Bonchev–Trinajstić information content (AvgIpc) is 2.66. The first kappa shape index (κ1) is 11.0. The summed E-state index contributed by atoms with van der Waals surface area (Å²) in [6.07, 6.45) is 2.19. The largest absolute Gasteiger partial charge is 0.358 e. The first-order valence-corrected chi connectivity index (χ1v) is 6.63. The Bertz CT molecular complexity index is 578. The monoisotopic (exact) mass is 251 g/mol. The number of H-pyrrole nitrogens is 1. The Kier molecular flexibility index (Phi) is 2.74. The van der Waals surface area contributed by atoms with Gasteiger partial charge >= 0.3 is 11.4 Å². The van der Waals surface area contributed by atoms with E-state index in [2.05, 4.69) is 11.1 Å². The van der Waals surface area contributed by atoms with Crippen LogP contribution in [0.1, 0.15) is 17.7 Å². The number of benzene rings is 1. The van der Waals surface area contributed by atoms with E-state index in [-0.39, 0.29) is 6.10 Å².